The highest BCUT2D eigenvalue weighted by Crippen LogP contribution is 2.20. The van der Waals surface area contributed by atoms with Crippen molar-refractivity contribution in [2.75, 3.05) is 0 Å². The molecule has 0 aliphatic carbocycles. The van der Waals surface area contributed by atoms with E-state index in [0.29, 0.717) is 0 Å². The van der Waals surface area contributed by atoms with Crippen molar-refractivity contribution >= 4 is 27.5 Å². The zero-order valence-corrected chi connectivity index (χ0v) is 13.5. The van der Waals surface area contributed by atoms with Gasteiger partial charge in [-0.15, -0.1) is 0 Å². The van der Waals surface area contributed by atoms with E-state index in [1.807, 2.05) is 0 Å². The van der Waals surface area contributed by atoms with Crippen molar-refractivity contribution in [2.45, 2.75) is 33.2 Å². The number of carbonyl (C=O) groups excluding carboxylic acids is 1. The second kappa shape index (κ2) is 6.32. The number of thiazole rings is 1. The summed E-state index contributed by atoms with van der Waals surface area (Å²) in [6.45, 7) is 5.10. The number of fused-ring (bicyclic) bond motifs is 1. The van der Waals surface area contributed by atoms with Gasteiger partial charge in [-0.2, -0.15) is 4.99 Å². The van der Waals surface area contributed by atoms with E-state index in [0.717, 1.165) is 29.7 Å². The molecular weight excluding hydrogens is 296 g/mol. The van der Waals surface area contributed by atoms with Crippen molar-refractivity contribution in [1.82, 2.24) is 4.57 Å². The van der Waals surface area contributed by atoms with Crippen LogP contribution in [0.3, 0.4) is 0 Å². The Labute approximate surface area is 132 Å². The summed E-state index contributed by atoms with van der Waals surface area (Å²) in [7, 11) is 0. The molecule has 1 amide bonds. The third-order valence-electron chi connectivity index (χ3n) is 3.53. The largest absolute Gasteiger partial charge is 0.459 e. The Hall–Kier alpha value is -2.14. The number of hydrogen-bond donors (Lipinski definition) is 0. The number of aryl methyl sites for hydroxylation is 2. The van der Waals surface area contributed by atoms with Gasteiger partial charge in [-0.1, -0.05) is 31.3 Å². The van der Waals surface area contributed by atoms with Crippen LogP contribution < -0.4 is 4.80 Å². The van der Waals surface area contributed by atoms with E-state index >= 15 is 0 Å². The third kappa shape index (κ3) is 2.76. The summed E-state index contributed by atoms with van der Waals surface area (Å²) in [5.74, 6) is -0.0631. The first-order chi connectivity index (χ1) is 10.7. The van der Waals surface area contributed by atoms with Crippen molar-refractivity contribution in [3.05, 3.63) is 52.7 Å². The van der Waals surface area contributed by atoms with Gasteiger partial charge in [0.15, 0.2) is 10.6 Å². The number of furan rings is 1. The molecule has 2 heterocycles. The van der Waals surface area contributed by atoms with E-state index in [1.54, 1.807) is 23.5 Å². The van der Waals surface area contributed by atoms with Crippen LogP contribution in [0.4, 0.5) is 0 Å². The van der Waals surface area contributed by atoms with Crippen molar-refractivity contribution in [2.24, 2.45) is 4.99 Å². The molecule has 4 nitrogen and oxygen atoms in total. The van der Waals surface area contributed by atoms with Crippen molar-refractivity contribution < 1.29 is 9.21 Å². The first-order valence-electron chi connectivity index (χ1n) is 7.47. The molecule has 0 unspecified atom stereocenters. The molecule has 0 radical (unpaired) electrons. The van der Waals surface area contributed by atoms with E-state index in [9.17, 15) is 4.79 Å². The molecule has 0 aliphatic heterocycles. The van der Waals surface area contributed by atoms with Gasteiger partial charge in [-0.05, 0) is 42.7 Å². The maximum absolute atomic E-state index is 12.2. The molecule has 0 bridgehead atoms. The standard InChI is InChI=1S/C17H18N2O2S/c1-3-9-19-13-8-7-12(4-2)11-15(13)22-17(19)18-16(20)14-6-5-10-21-14/h5-8,10-11H,3-4,9H2,1-2H3. The first-order valence-corrected chi connectivity index (χ1v) is 8.29. The summed E-state index contributed by atoms with van der Waals surface area (Å²) in [6.07, 6.45) is 3.48. The lowest BCUT2D eigenvalue weighted by molar-refractivity contribution is 0.0971. The maximum atomic E-state index is 12.2. The highest BCUT2D eigenvalue weighted by atomic mass is 32.1. The fourth-order valence-corrected chi connectivity index (χ4v) is 3.52. The minimum absolute atomic E-state index is 0.273. The SMILES string of the molecule is CCCn1c(=NC(=O)c2ccco2)sc2cc(CC)ccc21. The van der Waals surface area contributed by atoms with E-state index in [-0.39, 0.29) is 11.7 Å². The van der Waals surface area contributed by atoms with Crippen LogP contribution in [-0.4, -0.2) is 10.5 Å². The van der Waals surface area contributed by atoms with Crippen LogP contribution in [0.2, 0.25) is 0 Å². The van der Waals surface area contributed by atoms with Crippen molar-refractivity contribution in [3.8, 4) is 0 Å². The van der Waals surface area contributed by atoms with Gasteiger partial charge in [0.1, 0.15) is 0 Å². The van der Waals surface area contributed by atoms with Gasteiger partial charge in [0.05, 0.1) is 16.5 Å². The molecule has 0 saturated heterocycles. The lowest BCUT2D eigenvalue weighted by Gasteiger charge is -2.03. The Morgan fingerprint density at radius 3 is 2.86 bits per heavy atom. The zero-order valence-electron chi connectivity index (χ0n) is 12.7. The molecule has 0 N–H and O–H groups in total. The minimum atomic E-state index is -0.336. The number of nitrogens with zero attached hydrogens (tertiary/aromatic N) is 2. The molecule has 0 spiro atoms. The third-order valence-corrected chi connectivity index (χ3v) is 4.57. The average molecular weight is 314 g/mol. The number of hydrogen-bond acceptors (Lipinski definition) is 3. The number of carbonyl (C=O) groups is 1. The monoisotopic (exact) mass is 314 g/mol. The smallest absolute Gasteiger partial charge is 0.315 e. The van der Waals surface area contributed by atoms with Gasteiger partial charge in [-0.25, -0.2) is 0 Å². The number of rotatable bonds is 4. The van der Waals surface area contributed by atoms with Gasteiger partial charge in [0.25, 0.3) is 0 Å². The normalized spacial score (nSPS) is 12.2. The van der Waals surface area contributed by atoms with Crippen molar-refractivity contribution in [1.29, 1.82) is 0 Å². The predicted octanol–water partition coefficient (Wildman–Crippen LogP) is 4.01. The van der Waals surface area contributed by atoms with E-state index in [1.165, 1.54) is 16.5 Å². The lowest BCUT2D eigenvalue weighted by atomic mass is 10.2. The Morgan fingerprint density at radius 2 is 2.18 bits per heavy atom. The maximum Gasteiger partial charge on any atom is 0.315 e. The molecule has 1 aromatic carbocycles. The Bertz CT molecular complexity index is 857. The summed E-state index contributed by atoms with van der Waals surface area (Å²) in [4.78, 5) is 17.2. The van der Waals surface area contributed by atoms with Crippen LogP contribution in [0.5, 0.6) is 0 Å². The number of amides is 1. The van der Waals surface area contributed by atoms with E-state index in [2.05, 4.69) is 41.6 Å². The molecule has 2 aromatic heterocycles. The first kappa shape index (κ1) is 14.8. The summed E-state index contributed by atoms with van der Waals surface area (Å²) < 4.78 is 8.41. The molecule has 0 saturated carbocycles. The molecule has 3 aromatic rings. The molecule has 22 heavy (non-hydrogen) atoms. The van der Waals surface area contributed by atoms with Crippen LogP contribution in [0, 0.1) is 0 Å². The molecule has 0 atom stereocenters. The van der Waals surface area contributed by atoms with E-state index < -0.39 is 0 Å². The van der Waals surface area contributed by atoms with Gasteiger partial charge in [-0.3, -0.25) is 4.79 Å². The molecule has 5 heteroatoms. The topological polar surface area (TPSA) is 47.5 Å². The van der Waals surface area contributed by atoms with Crippen LogP contribution in [0.1, 0.15) is 36.4 Å². The summed E-state index contributed by atoms with van der Waals surface area (Å²) in [6, 6.07) is 9.78. The van der Waals surface area contributed by atoms with Gasteiger partial charge >= 0.3 is 5.91 Å². The van der Waals surface area contributed by atoms with Crippen LogP contribution >= 0.6 is 11.3 Å². The van der Waals surface area contributed by atoms with Crippen LogP contribution in [0.25, 0.3) is 10.2 Å². The number of aromatic nitrogens is 1. The average Bonchev–Trinajstić information content (AvgIpc) is 3.16. The quantitative estimate of drug-likeness (QED) is 0.730. The Balaban J connectivity index is 2.15. The second-order valence-electron chi connectivity index (χ2n) is 5.09. The summed E-state index contributed by atoms with van der Waals surface area (Å²) in [5, 5.41) is 0. The number of benzene rings is 1. The second-order valence-corrected chi connectivity index (χ2v) is 6.10. The van der Waals surface area contributed by atoms with Gasteiger partial charge in [0, 0.05) is 6.54 Å². The molecule has 0 aliphatic rings. The molecule has 0 fully saturated rings. The fourth-order valence-electron chi connectivity index (χ4n) is 2.40. The van der Waals surface area contributed by atoms with Gasteiger partial charge in [0.2, 0.25) is 0 Å². The summed E-state index contributed by atoms with van der Waals surface area (Å²) in [5.41, 5.74) is 2.43. The zero-order chi connectivity index (χ0) is 15.5. The molecule has 3 rings (SSSR count). The minimum Gasteiger partial charge on any atom is -0.459 e. The van der Waals surface area contributed by atoms with Crippen LogP contribution in [-0.2, 0) is 13.0 Å². The fraction of sp³-hybridized carbons (Fsp3) is 0.294. The molecular formula is C17H18N2O2S. The van der Waals surface area contributed by atoms with Crippen LogP contribution in [0.15, 0.2) is 46.0 Å². The predicted molar refractivity (Wildman–Crippen MR) is 88.1 cm³/mol. The highest BCUT2D eigenvalue weighted by molar-refractivity contribution is 7.16. The van der Waals surface area contributed by atoms with E-state index in [4.69, 9.17) is 4.42 Å². The van der Waals surface area contributed by atoms with Crippen molar-refractivity contribution in [3.63, 3.8) is 0 Å². The summed E-state index contributed by atoms with van der Waals surface area (Å²) >= 11 is 1.55. The Kier molecular flexibility index (Phi) is 4.24. The lowest BCUT2D eigenvalue weighted by Crippen LogP contribution is -2.16. The highest BCUT2D eigenvalue weighted by Gasteiger charge is 2.10. The molecule has 114 valence electrons. The van der Waals surface area contributed by atoms with Gasteiger partial charge < -0.3 is 8.98 Å². The Morgan fingerprint density at radius 1 is 1.32 bits per heavy atom.